The van der Waals surface area contributed by atoms with Crippen LogP contribution in [-0.4, -0.2) is 15.2 Å². The van der Waals surface area contributed by atoms with E-state index in [-0.39, 0.29) is 29.8 Å². The molecule has 0 radical (unpaired) electrons. The number of nitrogens with one attached hydrogen (secondary N) is 1. The van der Waals surface area contributed by atoms with Crippen molar-refractivity contribution >= 4 is 16.9 Å². The van der Waals surface area contributed by atoms with Gasteiger partial charge in [0, 0.05) is 17.9 Å². The minimum atomic E-state index is -1.52. The molecule has 6 heteroatoms. The topological polar surface area (TPSA) is 66.4 Å². The third-order valence-electron chi connectivity index (χ3n) is 6.41. The number of rotatable bonds is 3. The van der Waals surface area contributed by atoms with Crippen molar-refractivity contribution < 1.29 is 18.5 Å². The van der Waals surface area contributed by atoms with Gasteiger partial charge in [-0.3, -0.25) is 9.52 Å². The van der Waals surface area contributed by atoms with E-state index < -0.39 is 16.2 Å². The van der Waals surface area contributed by atoms with Crippen molar-refractivity contribution in [3.05, 3.63) is 88.2 Å². The van der Waals surface area contributed by atoms with Crippen molar-refractivity contribution in [1.29, 1.82) is 0 Å². The van der Waals surface area contributed by atoms with Gasteiger partial charge in [0.15, 0.2) is 0 Å². The van der Waals surface area contributed by atoms with Gasteiger partial charge < -0.3 is 5.11 Å². The molecular weight excluding hydrogens is 413 g/mol. The highest BCUT2D eigenvalue weighted by Crippen LogP contribution is 2.44. The van der Waals surface area contributed by atoms with Crippen molar-refractivity contribution in [2.45, 2.75) is 37.4 Å². The molecule has 5 rings (SSSR count). The minimum Gasteiger partial charge on any atom is -0.508 e. The van der Waals surface area contributed by atoms with Gasteiger partial charge in [0.25, 0.3) is 0 Å². The molecule has 4 nitrogen and oxygen atoms in total. The molecular formula is C25H22FNO3S. The average Bonchev–Trinajstić information content (AvgIpc) is 3.32. The van der Waals surface area contributed by atoms with Gasteiger partial charge in [0.1, 0.15) is 22.6 Å². The number of aryl methyl sites for hydroxylation is 1. The maximum Gasteiger partial charge on any atom is 0.233 e. The Labute approximate surface area is 182 Å². The lowest BCUT2D eigenvalue weighted by Crippen LogP contribution is -2.15. The highest BCUT2D eigenvalue weighted by atomic mass is 32.2. The molecule has 0 saturated carbocycles. The molecule has 3 aromatic carbocycles. The van der Waals surface area contributed by atoms with Crippen molar-refractivity contribution in [3.8, 4) is 16.9 Å². The van der Waals surface area contributed by atoms with Gasteiger partial charge in [-0.25, -0.2) is 8.60 Å². The Balaban J connectivity index is 1.51. The summed E-state index contributed by atoms with van der Waals surface area (Å²) in [6.45, 7) is 1.99. The molecule has 31 heavy (non-hydrogen) atoms. The van der Waals surface area contributed by atoms with Crippen LogP contribution in [0.25, 0.3) is 11.1 Å². The highest BCUT2D eigenvalue weighted by Gasteiger charge is 2.33. The van der Waals surface area contributed by atoms with E-state index in [0.29, 0.717) is 5.56 Å². The third kappa shape index (κ3) is 3.45. The average molecular weight is 436 g/mol. The summed E-state index contributed by atoms with van der Waals surface area (Å²) in [7, 11) is -1.52. The SMILES string of the molecule is Cc1ccc(F)cc1-c1cccc2c1CCC2c1ccc(C2CC(=O)NS2=O)c(O)c1. The van der Waals surface area contributed by atoms with E-state index >= 15 is 0 Å². The molecule has 1 saturated heterocycles. The van der Waals surface area contributed by atoms with Crippen LogP contribution in [0, 0.1) is 12.7 Å². The molecule has 1 fully saturated rings. The molecule has 0 bridgehead atoms. The maximum absolute atomic E-state index is 13.9. The van der Waals surface area contributed by atoms with Crippen molar-refractivity contribution in [1.82, 2.24) is 4.72 Å². The largest absolute Gasteiger partial charge is 0.508 e. The Hall–Kier alpha value is -2.99. The number of hydrogen-bond acceptors (Lipinski definition) is 3. The lowest BCUT2D eigenvalue weighted by molar-refractivity contribution is -0.118. The second-order valence-corrected chi connectivity index (χ2v) is 9.63. The number of carbonyl (C=O) groups excluding carboxylic acids is 1. The standard InChI is InChI=1S/C25H22FNO3S/c1-14-5-7-16(26)12-22(14)19-4-2-3-18-17(9-10-20(18)19)15-6-8-21(23(28)11-15)24-13-25(29)27-31(24)30/h2-8,11-12,17,24,28H,9-10,13H2,1H3,(H,27,29). The molecule has 0 spiro atoms. The van der Waals surface area contributed by atoms with E-state index in [2.05, 4.69) is 10.8 Å². The molecule has 3 aromatic rings. The highest BCUT2D eigenvalue weighted by molar-refractivity contribution is 7.84. The van der Waals surface area contributed by atoms with E-state index in [0.717, 1.165) is 35.1 Å². The zero-order valence-electron chi connectivity index (χ0n) is 17.0. The van der Waals surface area contributed by atoms with E-state index in [9.17, 15) is 18.5 Å². The first-order valence-electron chi connectivity index (χ1n) is 10.3. The van der Waals surface area contributed by atoms with Crippen molar-refractivity contribution in [3.63, 3.8) is 0 Å². The molecule has 2 aliphatic rings. The van der Waals surface area contributed by atoms with Crippen molar-refractivity contribution in [2.75, 3.05) is 0 Å². The molecule has 158 valence electrons. The maximum atomic E-state index is 13.9. The van der Waals surface area contributed by atoms with E-state index in [1.54, 1.807) is 24.3 Å². The summed E-state index contributed by atoms with van der Waals surface area (Å²) in [5.74, 6) is -0.322. The summed E-state index contributed by atoms with van der Waals surface area (Å²) in [4.78, 5) is 11.5. The fourth-order valence-electron chi connectivity index (χ4n) is 4.88. The first-order valence-corrected chi connectivity index (χ1v) is 11.5. The number of carbonyl (C=O) groups is 1. The Kier molecular flexibility index (Phi) is 4.89. The van der Waals surface area contributed by atoms with Crippen LogP contribution in [-0.2, 0) is 22.2 Å². The summed E-state index contributed by atoms with van der Waals surface area (Å²) in [5.41, 5.74) is 6.93. The number of phenols is 1. The number of halogens is 1. The number of benzene rings is 3. The summed E-state index contributed by atoms with van der Waals surface area (Å²) < 4.78 is 28.4. The van der Waals surface area contributed by atoms with E-state index in [4.69, 9.17) is 0 Å². The Morgan fingerprint density at radius 3 is 2.65 bits per heavy atom. The van der Waals surface area contributed by atoms with Crippen LogP contribution in [0.15, 0.2) is 54.6 Å². The number of hydrogen-bond donors (Lipinski definition) is 2. The van der Waals surface area contributed by atoms with E-state index in [1.165, 1.54) is 17.2 Å². The normalized spacial score (nSPS) is 22.4. The fourth-order valence-corrected chi connectivity index (χ4v) is 6.06. The van der Waals surface area contributed by atoms with Crippen LogP contribution in [0.3, 0.4) is 0 Å². The van der Waals surface area contributed by atoms with Gasteiger partial charge in [-0.05, 0) is 71.3 Å². The number of aromatic hydroxyl groups is 1. The summed E-state index contributed by atoms with van der Waals surface area (Å²) in [5, 5.41) is 10.1. The van der Waals surface area contributed by atoms with E-state index in [1.807, 2.05) is 25.1 Å². The summed E-state index contributed by atoms with van der Waals surface area (Å²) in [6, 6.07) is 16.5. The van der Waals surface area contributed by atoms with Crippen molar-refractivity contribution in [2.24, 2.45) is 0 Å². The van der Waals surface area contributed by atoms with Gasteiger partial charge >= 0.3 is 0 Å². The molecule has 1 amide bonds. The monoisotopic (exact) mass is 435 g/mol. The predicted octanol–water partition coefficient (Wildman–Crippen LogP) is 4.81. The quantitative estimate of drug-likeness (QED) is 0.621. The fraction of sp³-hybridized carbons (Fsp3) is 0.240. The van der Waals surface area contributed by atoms with Crippen LogP contribution in [0.5, 0.6) is 5.75 Å². The molecule has 1 aliphatic carbocycles. The predicted molar refractivity (Wildman–Crippen MR) is 118 cm³/mol. The molecule has 1 heterocycles. The van der Waals surface area contributed by atoms with Gasteiger partial charge in [-0.15, -0.1) is 0 Å². The van der Waals surface area contributed by atoms with Crippen LogP contribution < -0.4 is 4.72 Å². The molecule has 1 aliphatic heterocycles. The van der Waals surface area contributed by atoms with Gasteiger partial charge in [-0.2, -0.15) is 0 Å². The second-order valence-electron chi connectivity index (χ2n) is 8.26. The first-order chi connectivity index (χ1) is 14.9. The number of amides is 1. The number of fused-ring (bicyclic) bond motifs is 1. The Bertz CT molecular complexity index is 1240. The van der Waals surface area contributed by atoms with Gasteiger partial charge in [-0.1, -0.05) is 36.4 Å². The number of phenolic OH excluding ortho intramolecular Hbond substituents is 1. The van der Waals surface area contributed by atoms with Crippen LogP contribution in [0.2, 0.25) is 0 Å². The lowest BCUT2D eigenvalue weighted by atomic mass is 9.89. The first kappa shape index (κ1) is 19.9. The zero-order chi connectivity index (χ0) is 21.7. The van der Waals surface area contributed by atoms with Gasteiger partial charge in [0.2, 0.25) is 5.91 Å². The van der Waals surface area contributed by atoms with Crippen LogP contribution in [0.1, 0.15) is 51.8 Å². The molecule has 3 unspecified atom stereocenters. The smallest absolute Gasteiger partial charge is 0.233 e. The lowest BCUT2D eigenvalue weighted by Gasteiger charge is -2.17. The van der Waals surface area contributed by atoms with Gasteiger partial charge in [0.05, 0.1) is 5.25 Å². The second kappa shape index (κ2) is 7.61. The molecule has 0 aromatic heterocycles. The third-order valence-corrected chi connectivity index (χ3v) is 7.77. The minimum absolute atomic E-state index is 0.0675. The van der Waals surface area contributed by atoms with Crippen LogP contribution >= 0.6 is 0 Å². The zero-order valence-corrected chi connectivity index (χ0v) is 17.8. The molecule has 2 N–H and O–H groups in total. The van der Waals surface area contributed by atoms with Crippen LogP contribution in [0.4, 0.5) is 4.39 Å². The molecule has 3 atom stereocenters. The Morgan fingerprint density at radius 1 is 1.06 bits per heavy atom. The summed E-state index contributed by atoms with van der Waals surface area (Å²) >= 11 is 0. The summed E-state index contributed by atoms with van der Waals surface area (Å²) in [6.07, 6.45) is 1.89. The Morgan fingerprint density at radius 2 is 1.90 bits per heavy atom.